The Bertz CT molecular complexity index is 1360. The van der Waals surface area contributed by atoms with Crippen molar-refractivity contribution in [1.82, 2.24) is 0 Å². The molecule has 0 atom stereocenters. The summed E-state index contributed by atoms with van der Waals surface area (Å²) >= 11 is 0. The lowest BCUT2D eigenvalue weighted by Crippen LogP contribution is -1.98. The molecular formula is C33H36O6. The van der Waals surface area contributed by atoms with Gasteiger partial charge in [-0.1, -0.05) is 24.3 Å². The van der Waals surface area contributed by atoms with Crippen molar-refractivity contribution in [3.05, 3.63) is 101 Å². The van der Waals surface area contributed by atoms with Gasteiger partial charge in [-0.2, -0.15) is 0 Å². The highest BCUT2D eigenvalue weighted by Gasteiger charge is 2.13. The van der Waals surface area contributed by atoms with Gasteiger partial charge < -0.3 is 28.4 Å². The van der Waals surface area contributed by atoms with E-state index in [1.807, 2.05) is 42.5 Å². The molecule has 0 fully saturated rings. The smallest absolute Gasteiger partial charge is 0.203 e. The van der Waals surface area contributed by atoms with Crippen LogP contribution in [0.2, 0.25) is 0 Å². The molecule has 204 valence electrons. The van der Waals surface area contributed by atoms with E-state index in [9.17, 15) is 0 Å². The molecule has 0 radical (unpaired) electrons. The molecule has 0 heterocycles. The van der Waals surface area contributed by atoms with Crippen molar-refractivity contribution >= 4 is 0 Å². The molecule has 4 aromatic rings. The number of methoxy groups -OCH3 is 5. The van der Waals surface area contributed by atoms with Crippen molar-refractivity contribution < 1.29 is 28.4 Å². The predicted octanol–water partition coefficient (Wildman–Crippen LogP) is 7.09. The first-order valence-electron chi connectivity index (χ1n) is 12.9. The van der Waals surface area contributed by atoms with Crippen molar-refractivity contribution in [2.45, 2.75) is 25.7 Å². The molecule has 0 aromatic heterocycles. The molecule has 0 spiro atoms. The van der Waals surface area contributed by atoms with Crippen molar-refractivity contribution in [2.24, 2.45) is 0 Å². The zero-order chi connectivity index (χ0) is 27.6. The van der Waals surface area contributed by atoms with E-state index in [2.05, 4.69) is 36.4 Å². The van der Waals surface area contributed by atoms with Crippen molar-refractivity contribution in [3.63, 3.8) is 0 Å². The maximum Gasteiger partial charge on any atom is 0.203 e. The third-order valence-electron chi connectivity index (χ3n) is 6.57. The first-order valence-corrected chi connectivity index (χ1v) is 12.9. The van der Waals surface area contributed by atoms with Gasteiger partial charge in [-0.15, -0.1) is 0 Å². The van der Waals surface area contributed by atoms with Crippen LogP contribution in [0.1, 0.15) is 22.3 Å². The van der Waals surface area contributed by atoms with E-state index in [-0.39, 0.29) is 0 Å². The highest BCUT2D eigenvalue weighted by Crippen LogP contribution is 2.38. The van der Waals surface area contributed by atoms with Gasteiger partial charge in [0.15, 0.2) is 11.5 Å². The van der Waals surface area contributed by atoms with Gasteiger partial charge in [-0.05, 0) is 96.5 Å². The van der Waals surface area contributed by atoms with Crippen LogP contribution in [-0.2, 0) is 25.7 Å². The summed E-state index contributed by atoms with van der Waals surface area (Å²) in [5, 5.41) is 0. The van der Waals surface area contributed by atoms with Crippen molar-refractivity contribution in [1.29, 1.82) is 0 Å². The summed E-state index contributed by atoms with van der Waals surface area (Å²) in [4.78, 5) is 0. The third kappa shape index (κ3) is 7.38. The van der Waals surface area contributed by atoms with Crippen LogP contribution in [0.3, 0.4) is 0 Å². The Hall–Kier alpha value is -4.32. The average Bonchev–Trinajstić information content (AvgIpc) is 2.98. The quantitative estimate of drug-likeness (QED) is 0.185. The third-order valence-corrected chi connectivity index (χ3v) is 6.57. The first-order chi connectivity index (χ1) is 19.0. The molecule has 0 unspecified atom stereocenters. The monoisotopic (exact) mass is 528 g/mol. The average molecular weight is 529 g/mol. The van der Waals surface area contributed by atoms with Crippen LogP contribution in [0, 0.1) is 0 Å². The predicted molar refractivity (Wildman–Crippen MR) is 153 cm³/mol. The summed E-state index contributed by atoms with van der Waals surface area (Å²) in [7, 11) is 8.23. The zero-order valence-electron chi connectivity index (χ0n) is 23.3. The maximum absolute atomic E-state index is 6.29. The van der Waals surface area contributed by atoms with Gasteiger partial charge in [0.05, 0.1) is 35.5 Å². The van der Waals surface area contributed by atoms with Crippen LogP contribution in [0.25, 0.3) is 0 Å². The lowest BCUT2D eigenvalue weighted by Gasteiger charge is -2.14. The molecule has 6 nitrogen and oxygen atoms in total. The molecule has 0 saturated carbocycles. The standard InChI is InChI=1S/C33H36O6/c1-34-27-10-6-8-23(16-27)12-14-25-18-29(35-2)22-30(19-25)39-28-11-7-9-24(17-28)13-15-26-20-31(36-3)33(38-5)32(21-26)37-4/h6-11,16-22H,12-15H2,1-5H3. The van der Waals surface area contributed by atoms with Crippen LogP contribution in [0.5, 0.6) is 40.2 Å². The fourth-order valence-corrected chi connectivity index (χ4v) is 4.54. The molecule has 0 N–H and O–H groups in total. The van der Waals surface area contributed by atoms with E-state index in [4.69, 9.17) is 28.4 Å². The summed E-state index contributed by atoms with van der Waals surface area (Å²) < 4.78 is 33.6. The van der Waals surface area contributed by atoms with Crippen molar-refractivity contribution in [2.75, 3.05) is 35.5 Å². The fraction of sp³-hybridized carbons (Fsp3) is 0.273. The maximum atomic E-state index is 6.29. The van der Waals surface area contributed by atoms with Gasteiger partial charge in [0.1, 0.15) is 23.0 Å². The molecule has 0 aliphatic carbocycles. The van der Waals surface area contributed by atoms with Crippen LogP contribution < -0.4 is 28.4 Å². The molecule has 0 bridgehead atoms. The molecule has 0 aliphatic rings. The molecule has 39 heavy (non-hydrogen) atoms. The van der Waals surface area contributed by atoms with Gasteiger partial charge >= 0.3 is 0 Å². The van der Waals surface area contributed by atoms with Crippen LogP contribution >= 0.6 is 0 Å². The van der Waals surface area contributed by atoms with Gasteiger partial charge in [0.2, 0.25) is 5.75 Å². The molecular weight excluding hydrogens is 492 g/mol. The Morgan fingerprint density at radius 3 is 1.46 bits per heavy atom. The second kappa shape index (κ2) is 13.5. The Balaban J connectivity index is 1.45. The number of hydrogen-bond donors (Lipinski definition) is 0. The minimum atomic E-state index is 0.598. The van der Waals surface area contributed by atoms with E-state index >= 15 is 0 Å². The van der Waals surface area contributed by atoms with Crippen LogP contribution in [-0.4, -0.2) is 35.5 Å². The minimum Gasteiger partial charge on any atom is -0.497 e. The Labute approximate surface area is 231 Å². The Kier molecular flexibility index (Phi) is 9.57. The topological polar surface area (TPSA) is 55.4 Å². The molecule has 0 aliphatic heterocycles. The highest BCUT2D eigenvalue weighted by atomic mass is 16.5. The molecule has 0 amide bonds. The minimum absolute atomic E-state index is 0.598. The van der Waals surface area contributed by atoms with E-state index in [1.54, 1.807) is 35.5 Å². The molecule has 6 heteroatoms. The summed E-state index contributed by atoms with van der Waals surface area (Å²) in [6.45, 7) is 0. The number of rotatable bonds is 13. The molecule has 4 rings (SSSR count). The number of hydrogen-bond acceptors (Lipinski definition) is 6. The summed E-state index contributed by atoms with van der Waals surface area (Å²) in [6.07, 6.45) is 3.39. The number of aryl methyl sites for hydroxylation is 4. The second-order valence-corrected chi connectivity index (χ2v) is 9.15. The van der Waals surface area contributed by atoms with E-state index in [0.29, 0.717) is 17.2 Å². The first kappa shape index (κ1) is 27.7. The molecule has 0 saturated heterocycles. The van der Waals surface area contributed by atoms with E-state index < -0.39 is 0 Å². The van der Waals surface area contributed by atoms with E-state index in [1.165, 1.54) is 11.1 Å². The fourth-order valence-electron chi connectivity index (χ4n) is 4.54. The molecule has 4 aromatic carbocycles. The van der Waals surface area contributed by atoms with Gasteiger partial charge in [0.25, 0.3) is 0 Å². The van der Waals surface area contributed by atoms with Gasteiger partial charge in [0, 0.05) is 6.07 Å². The zero-order valence-corrected chi connectivity index (χ0v) is 23.3. The summed E-state index contributed by atoms with van der Waals surface area (Å²) in [6, 6.07) is 26.4. The summed E-state index contributed by atoms with van der Waals surface area (Å²) in [5.41, 5.74) is 4.64. The largest absolute Gasteiger partial charge is 0.497 e. The summed E-state index contributed by atoms with van der Waals surface area (Å²) in [5.74, 6) is 5.08. The van der Waals surface area contributed by atoms with Crippen molar-refractivity contribution in [3.8, 4) is 40.2 Å². The van der Waals surface area contributed by atoms with Crippen LogP contribution in [0.15, 0.2) is 78.9 Å². The highest BCUT2D eigenvalue weighted by molar-refractivity contribution is 5.54. The van der Waals surface area contributed by atoms with Gasteiger partial charge in [-0.25, -0.2) is 0 Å². The van der Waals surface area contributed by atoms with E-state index in [0.717, 1.165) is 59.8 Å². The Morgan fingerprint density at radius 1 is 0.410 bits per heavy atom. The normalized spacial score (nSPS) is 10.6. The SMILES string of the molecule is COc1cccc(CCc2cc(OC)cc(Oc3cccc(CCc4cc(OC)c(OC)c(OC)c4)c3)c2)c1. The van der Waals surface area contributed by atoms with Gasteiger partial charge in [-0.3, -0.25) is 0 Å². The number of ether oxygens (including phenoxy) is 6. The lowest BCUT2D eigenvalue weighted by atomic mass is 10.0. The number of benzene rings is 4. The van der Waals surface area contributed by atoms with Crippen LogP contribution in [0.4, 0.5) is 0 Å². The second-order valence-electron chi connectivity index (χ2n) is 9.15. The Morgan fingerprint density at radius 2 is 0.897 bits per heavy atom. The lowest BCUT2D eigenvalue weighted by molar-refractivity contribution is 0.324.